The largest absolute Gasteiger partial charge is 0.508 e. The Bertz CT molecular complexity index is 1530. The topological polar surface area (TPSA) is 249 Å². The Morgan fingerprint density at radius 3 is 2.25 bits per heavy atom. The predicted molar refractivity (Wildman–Crippen MR) is 153 cm³/mol. The highest BCUT2D eigenvalue weighted by molar-refractivity contribution is 6.24. The molecule has 238 valence electrons. The number of nitrogens with one attached hydrogen (secondary N) is 2. The van der Waals surface area contributed by atoms with Crippen molar-refractivity contribution in [1.29, 1.82) is 0 Å². The molecule has 0 heterocycles. The Morgan fingerprint density at radius 1 is 1.11 bits per heavy atom. The molecule has 1 saturated carbocycles. The zero-order chi connectivity index (χ0) is 33.2. The lowest BCUT2D eigenvalue weighted by Gasteiger charge is -2.53. The Hall–Kier alpha value is -4.47. The minimum atomic E-state index is -3.05. The van der Waals surface area contributed by atoms with E-state index in [4.69, 9.17) is 10.5 Å². The van der Waals surface area contributed by atoms with Gasteiger partial charge in [-0.25, -0.2) is 9.59 Å². The van der Waals surface area contributed by atoms with Crippen molar-refractivity contribution in [3.63, 3.8) is 0 Å². The fourth-order valence-corrected chi connectivity index (χ4v) is 6.64. The molecule has 0 bridgehead atoms. The van der Waals surface area contributed by atoms with Gasteiger partial charge in [0.15, 0.2) is 11.4 Å². The van der Waals surface area contributed by atoms with Crippen molar-refractivity contribution >= 4 is 40.9 Å². The maximum Gasteiger partial charge on any atom is 0.328 e. The third kappa shape index (κ3) is 4.58. The number of phenolic OH excluding ortho intramolecular Hbond substituents is 1. The van der Waals surface area contributed by atoms with Gasteiger partial charge in [-0.3, -0.25) is 19.3 Å². The first-order chi connectivity index (χ1) is 20.4. The first kappa shape index (κ1) is 32.4. The molecule has 3 amide bonds. The molecule has 3 aliphatic rings. The molecule has 15 heteroatoms. The standard InChI is InChI=1S/C29H36N4O11/c1-9(2)18(27(41)44-6)32-28(42)31-12-8-7-11-10(3)13-15(21(35)14(11)20(12)34)24(38)29(43)17(22(13)36)19(33(4)5)23(37)16(25(29)39)26(30)40/h7-10,13,17-19,22,34-36,39,43H,1-6H3,(H2,30,40)(H2,31,32,42)/t10-,13+,17+,18?,19-,22-,29-/m0/s1. The van der Waals surface area contributed by atoms with Crippen LogP contribution in [0.3, 0.4) is 0 Å². The quantitative estimate of drug-likeness (QED) is 0.118. The lowest BCUT2D eigenvalue weighted by molar-refractivity contribution is -0.169. The number of hydrogen-bond donors (Lipinski definition) is 8. The minimum absolute atomic E-state index is 0.221. The number of fused-ring (bicyclic) bond motifs is 3. The number of aromatic hydroxyl groups is 1. The lowest BCUT2D eigenvalue weighted by Crippen LogP contribution is -2.70. The van der Waals surface area contributed by atoms with E-state index in [0.717, 1.165) is 7.11 Å². The summed E-state index contributed by atoms with van der Waals surface area (Å²) < 4.78 is 4.71. The second-order valence-corrected chi connectivity index (χ2v) is 11.8. The highest BCUT2D eigenvalue weighted by atomic mass is 16.5. The maximum absolute atomic E-state index is 14.1. The first-order valence-electron chi connectivity index (χ1n) is 13.8. The number of aliphatic hydroxyl groups excluding tert-OH is 3. The van der Waals surface area contributed by atoms with E-state index in [1.165, 1.54) is 31.1 Å². The zero-order valence-electron chi connectivity index (χ0n) is 24.9. The number of primary amides is 1. The number of amides is 3. The molecule has 3 aliphatic carbocycles. The highest BCUT2D eigenvalue weighted by Crippen LogP contribution is 2.56. The number of anilines is 1. The van der Waals surface area contributed by atoms with Gasteiger partial charge in [0.25, 0.3) is 5.91 Å². The number of methoxy groups -OCH3 is 1. The number of ketones is 2. The van der Waals surface area contributed by atoms with Crippen LogP contribution in [0.4, 0.5) is 10.5 Å². The molecule has 15 nitrogen and oxygen atoms in total. The molecule has 4 rings (SSSR count). The van der Waals surface area contributed by atoms with E-state index in [1.807, 2.05) is 0 Å². The summed E-state index contributed by atoms with van der Waals surface area (Å²) in [6.07, 6.45) is -1.73. The Labute approximate surface area is 252 Å². The normalized spacial score (nSPS) is 28.7. The second kappa shape index (κ2) is 11.2. The van der Waals surface area contributed by atoms with Crippen molar-refractivity contribution in [3.8, 4) is 5.75 Å². The predicted octanol–water partition coefficient (Wildman–Crippen LogP) is -0.185. The van der Waals surface area contributed by atoms with Crippen molar-refractivity contribution in [3.05, 3.63) is 40.2 Å². The van der Waals surface area contributed by atoms with Gasteiger partial charge in [-0.2, -0.15) is 0 Å². The van der Waals surface area contributed by atoms with Crippen LogP contribution in [-0.2, 0) is 23.9 Å². The summed E-state index contributed by atoms with van der Waals surface area (Å²) in [5, 5.41) is 61.9. The van der Waals surface area contributed by atoms with E-state index in [2.05, 4.69) is 10.6 Å². The smallest absolute Gasteiger partial charge is 0.328 e. The van der Waals surface area contributed by atoms with Crippen molar-refractivity contribution < 1.29 is 54.2 Å². The van der Waals surface area contributed by atoms with Crippen LogP contribution in [0.15, 0.2) is 29.0 Å². The number of likely N-dealkylation sites (N-methyl/N-ethyl adjacent to an activating group) is 1. The van der Waals surface area contributed by atoms with E-state index < -0.39 is 99.4 Å². The van der Waals surface area contributed by atoms with Crippen LogP contribution in [0.2, 0.25) is 0 Å². The summed E-state index contributed by atoms with van der Waals surface area (Å²) in [4.78, 5) is 65.5. The van der Waals surface area contributed by atoms with Gasteiger partial charge in [0.1, 0.15) is 28.9 Å². The van der Waals surface area contributed by atoms with Gasteiger partial charge in [-0.1, -0.05) is 26.8 Å². The van der Waals surface area contributed by atoms with Crippen LogP contribution in [-0.4, -0.2) is 105 Å². The van der Waals surface area contributed by atoms with E-state index >= 15 is 0 Å². The van der Waals surface area contributed by atoms with Crippen molar-refractivity contribution in [2.75, 3.05) is 26.5 Å². The van der Waals surface area contributed by atoms with Crippen LogP contribution in [0.1, 0.15) is 37.8 Å². The molecule has 1 fully saturated rings. The number of nitrogens with two attached hydrogens (primary N) is 1. The number of nitrogens with zero attached hydrogens (tertiary/aromatic N) is 1. The summed E-state index contributed by atoms with van der Waals surface area (Å²) in [6, 6.07) is -0.620. The molecule has 1 unspecified atom stereocenters. The van der Waals surface area contributed by atoms with E-state index in [1.54, 1.807) is 20.8 Å². The summed E-state index contributed by atoms with van der Waals surface area (Å²) in [6.45, 7) is 4.94. The summed E-state index contributed by atoms with van der Waals surface area (Å²) >= 11 is 0. The van der Waals surface area contributed by atoms with Crippen LogP contribution < -0.4 is 16.4 Å². The molecule has 0 spiro atoms. The third-order valence-electron chi connectivity index (χ3n) is 8.79. The number of esters is 1. The van der Waals surface area contributed by atoms with Crippen molar-refractivity contribution in [1.82, 2.24) is 10.2 Å². The van der Waals surface area contributed by atoms with Crippen molar-refractivity contribution in [2.24, 2.45) is 23.5 Å². The number of urea groups is 1. The number of ether oxygens (including phenoxy) is 1. The van der Waals surface area contributed by atoms with Crippen LogP contribution in [0, 0.1) is 17.8 Å². The Morgan fingerprint density at radius 2 is 1.73 bits per heavy atom. The molecule has 1 aromatic rings. The highest BCUT2D eigenvalue weighted by Gasteiger charge is 2.68. The maximum atomic E-state index is 14.1. The van der Waals surface area contributed by atoms with E-state index in [9.17, 15) is 49.5 Å². The van der Waals surface area contributed by atoms with Gasteiger partial charge >= 0.3 is 12.0 Å². The fraction of sp³-hybridized carbons (Fsp3) is 0.483. The molecule has 0 radical (unpaired) electrons. The van der Waals surface area contributed by atoms with Crippen LogP contribution >= 0.6 is 0 Å². The van der Waals surface area contributed by atoms with Gasteiger partial charge in [-0.15, -0.1) is 0 Å². The average molecular weight is 617 g/mol. The lowest BCUT2D eigenvalue weighted by atomic mass is 9.54. The van der Waals surface area contributed by atoms with Crippen molar-refractivity contribution in [2.45, 2.75) is 50.5 Å². The number of hydrogen-bond acceptors (Lipinski definition) is 12. The van der Waals surface area contributed by atoms with Crippen LogP contribution in [0.5, 0.6) is 5.75 Å². The third-order valence-corrected chi connectivity index (χ3v) is 8.79. The van der Waals surface area contributed by atoms with Gasteiger partial charge in [0.2, 0.25) is 5.78 Å². The molecule has 7 atom stereocenters. The van der Waals surface area contributed by atoms with Gasteiger partial charge in [-0.05, 0) is 37.6 Å². The molecule has 9 N–H and O–H groups in total. The molecular weight excluding hydrogens is 580 g/mol. The number of carbonyl (C=O) groups excluding carboxylic acids is 5. The number of phenols is 1. The number of benzene rings is 1. The molecule has 0 aromatic heterocycles. The van der Waals surface area contributed by atoms with Gasteiger partial charge in [0, 0.05) is 11.5 Å². The molecule has 0 aliphatic heterocycles. The monoisotopic (exact) mass is 616 g/mol. The van der Waals surface area contributed by atoms with Crippen LogP contribution in [0.25, 0.3) is 5.76 Å². The average Bonchev–Trinajstić information content (AvgIpc) is 2.93. The first-order valence-corrected chi connectivity index (χ1v) is 13.8. The minimum Gasteiger partial charge on any atom is -0.508 e. The summed E-state index contributed by atoms with van der Waals surface area (Å²) in [5.41, 5.74) is 0.428. The number of Topliss-reactive ketones (excluding diaryl/α,β-unsaturated/α-hetero) is 2. The molecular formula is C29H36N4O11. The SMILES string of the molecule is COC(=O)C(NC(=O)Nc1ccc2c(c1O)C(O)=C1C(=O)[C@]3(O)C(O)=C(C(N)=O)C(=O)[C@@H](N(C)C)[C@@H]3[C@@H](O)[C@@H]1[C@H]2C)C(C)C. The second-order valence-electron chi connectivity index (χ2n) is 11.8. The number of aliphatic hydroxyl groups is 4. The fourth-order valence-electron chi connectivity index (χ4n) is 6.64. The van der Waals surface area contributed by atoms with Gasteiger partial charge in [0.05, 0.1) is 36.4 Å². The summed E-state index contributed by atoms with van der Waals surface area (Å²) in [5.74, 6) is -11.4. The zero-order valence-corrected chi connectivity index (χ0v) is 24.9. The van der Waals surface area contributed by atoms with Gasteiger partial charge < -0.3 is 46.6 Å². The Balaban J connectivity index is 1.85. The Kier molecular flexibility index (Phi) is 8.28. The molecule has 1 aromatic carbocycles. The molecule has 0 saturated heterocycles. The van der Waals surface area contributed by atoms with E-state index in [0.29, 0.717) is 0 Å². The number of rotatable bonds is 6. The molecule has 44 heavy (non-hydrogen) atoms. The van der Waals surface area contributed by atoms with E-state index in [-0.39, 0.29) is 22.7 Å². The number of carbonyl (C=O) groups is 5. The summed E-state index contributed by atoms with van der Waals surface area (Å²) in [7, 11) is 4.00.